The van der Waals surface area contributed by atoms with Crippen molar-refractivity contribution < 1.29 is 19.1 Å². The summed E-state index contributed by atoms with van der Waals surface area (Å²) in [5.41, 5.74) is 0.792. The van der Waals surface area contributed by atoms with Crippen LogP contribution in [-0.4, -0.2) is 21.9 Å². The van der Waals surface area contributed by atoms with Gasteiger partial charge in [-0.25, -0.2) is 9.97 Å². The Bertz CT molecular complexity index is 834. The monoisotopic (exact) mass is 468 g/mol. The second kappa shape index (κ2) is 16.8. The van der Waals surface area contributed by atoms with Crippen LogP contribution in [0, 0.1) is 0 Å². The average molecular weight is 469 g/mol. The summed E-state index contributed by atoms with van der Waals surface area (Å²) in [5, 5.41) is 0. The van der Waals surface area contributed by atoms with Gasteiger partial charge in [-0.3, -0.25) is 9.59 Å². The Morgan fingerprint density at radius 3 is 1.56 bits per heavy atom. The Morgan fingerprint density at radius 2 is 1.06 bits per heavy atom. The van der Waals surface area contributed by atoms with Crippen LogP contribution in [0.4, 0.5) is 0 Å². The molecule has 2 aromatic rings. The molecule has 0 N–H and O–H groups in total. The van der Waals surface area contributed by atoms with Gasteiger partial charge in [-0.1, -0.05) is 78.1 Å². The van der Waals surface area contributed by atoms with Crippen molar-refractivity contribution >= 4 is 11.9 Å². The van der Waals surface area contributed by atoms with Crippen molar-refractivity contribution in [3.05, 3.63) is 36.7 Å². The number of aromatic nitrogens is 2. The SMILES string of the molecule is CCCCCCCCCC(=O)Oc1cnc(-c2ccc(OC(=O)CCCCCCC)cc2)nc1. The van der Waals surface area contributed by atoms with Gasteiger partial charge in [0, 0.05) is 18.4 Å². The lowest BCUT2D eigenvalue weighted by Gasteiger charge is -2.07. The molecule has 0 saturated carbocycles. The van der Waals surface area contributed by atoms with Crippen LogP contribution in [0.3, 0.4) is 0 Å². The predicted molar refractivity (Wildman–Crippen MR) is 135 cm³/mol. The molecule has 6 nitrogen and oxygen atoms in total. The minimum Gasteiger partial charge on any atom is -0.427 e. The number of carbonyl (C=O) groups is 2. The summed E-state index contributed by atoms with van der Waals surface area (Å²) in [5.74, 6) is 0.921. The predicted octanol–water partition coefficient (Wildman–Crippen LogP) is 7.46. The van der Waals surface area contributed by atoms with Gasteiger partial charge in [0.15, 0.2) is 11.6 Å². The number of hydrogen-bond donors (Lipinski definition) is 0. The number of esters is 2. The van der Waals surface area contributed by atoms with Crippen LogP contribution in [0.5, 0.6) is 11.5 Å². The summed E-state index contributed by atoms with van der Waals surface area (Å²) in [7, 11) is 0. The highest BCUT2D eigenvalue weighted by atomic mass is 16.5. The van der Waals surface area contributed by atoms with E-state index in [9.17, 15) is 9.59 Å². The van der Waals surface area contributed by atoms with Gasteiger partial charge in [-0.15, -0.1) is 0 Å². The maximum Gasteiger partial charge on any atom is 0.311 e. The molecule has 0 aliphatic carbocycles. The lowest BCUT2D eigenvalue weighted by atomic mass is 10.1. The first-order valence-corrected chi connectivity index (χ1v) is 13.0. The van der Waals surface area contributed by atoms with Crippen molar-refractivity contribution in [1.82, 2.24) is 9.97 Å². The molecule has 0 atom stereocenters. The molecular weight excluding hydrogens is 428 g/mol. The highest BCUT2D eigenvalue weighted by Crippen LogP contribution is 2.21. The van der Waals surface area contributed by atoms with Crippen molar-refractivity contribution in [3.63, 3.8) is 0 Å². The summed E-state index contributed by atoms with van der Waals surface area (Å²) < 4.78 is 10.7. The molecule has 1 aromatic heterocycles. The minimum atomic E-state index is -0.249. The molecule has 1 heterocycles. The molecule has 0 saturated heterocycles. The highest BCUT2D eigenvalue weighted by molar-refractivity contribution is 5.73. The first-order chi connectivity index (χ1) is 16.6. The third-order valence-corrected chi connectivity index (χ3v) is 5.67. The van der Waals surface area contributed by atoms with Crippen LogP contribution < -0.4 is 9.47 Å². The zero-order valence-electron chi connectivity index (χ0n) is 20.9. The summed E-state index contributed by atoms with van der Waals surface area (Å²) in [6.07, 6.45) is 17.5. The van der Waals surface area contributed by atoms with Crippen LogP contribution in [0.2, 0.25) is 0 Å². The van der Waals surface area contributed by atoms with Crippen LogP contribution >= 0.6 is 0 Å². The summed E-state index contributed by atoms with van der Waals surface area (Å²) >= 11 is 0. The van der Waals surface area contributed by atoms with E-state index in [1.54, 1.807) is 12.1 Å². The molecule has 0 unspecified atom stereocenters. The van der Waals surface area contributed by atoms with Gasteiger partial charge in [-0.05, 0) is 37.1 Å². The van der Waals surface area contributed by atoms with E-state index in [-0.39, 0.29) is 11.9 Å². The molecule has 34 heavy (non-hydrogen) atoms. The molecule has 1 aromatic carbocycles. The van der Waals surface area contributed by atoms with Crippen LogP contribution in [0.15, 0.2) is 36.7 Å². The largest absolute Gasteiger partial charge is 0.427 e. The lowest BCUT2D eigenvalue weighted by molar-refractivity contribution is -0.135. The van der Waals surface area contributed by atoms with E-state index in [1.165, 1.54) is 57.3 Å². The summed E-state index contributed by atoms with van der Waals surface area (Å²) in [6.45, 7) is 4.38. The van der Waals surface area contributed by atoms with Crippen molar-refractivity contribution in [3.8, 4) is 22.9 Å². The molecular formula is C28H40N2O4. The van der Waals surface area contributed by atoms with Gasteiger partial charge in [0.05, 0.1) is 12.4 Å². The van der Waals surface area contributed by atoms with Gasteiger partial charge in [0.25, 0.3) is 0 Å². The van der Waals surface area contributed by atoms with E-state index in [0.29, 0.717) is 30.2 Å². The van der Waals surface area contributed by atoms with Gasteiger partial charge in [0.1, 0.15) is 5.75 Å². The van der Waals surface area contributed by atoms with Crippen molar-refractivity contribution in [2.24, 2.45) is 0 Å². The third-order valence-electron chi connectivity index (χ3n) is 5.67. The normalized spacial score (nSPS) is 10.8. The standard InChI is InChI=1S/C28H40N2O4/c1-3-5-7-9-10-12-14-16-27(32)34-25-21-29-28(30-22-25)23-17-19-24(20-18-23)33-26(31)15-13-11-8-6-4-2/h17-22H,3-16H2,1-2H3. The van der Waals surface area contributed by atoms with Crippen molar-refractivity contribution in [1.29, 1.82) is 0 Å². The Hall–Kier alpha value is -2.76. The van der Waals surface area contributed by atoms with E-state index >= 15 is 0 Å². The number of nitrogens with zero attached hydrogens (tertiary/aromatic N) is 2. The van der Waals surface area contributed by atoms with Crippen molar-refractivity contribution in [2.75, 3.05) is 0 Å². The maximum atomic E-state index is 12.0. The second-order valence-electron chi connectivity index (χ2n) is 8.75. The van der Waals surface area contributed by atoms with Gasteiger partial charge < -0.3 is 9.47 Å². The van der Waals surface area contributed by atoms with Gasteiger partial charge >= 0.3 is 11.9 Å². The molecule has 0 aliphatic heterocycles. The minimum absolute atomic E-state index is 0.205. The molecule has 2 rings (SSSR count). The number of unbranched alkanes of at least 4 members (excludes halogenated alkanes) is 10. The maximum absolute atomic E-state index is 12.0. The highest BCUT2D eigenvalue weighted by Gasteiger charge is 2.09. The molecule has 0 radical (unpaired) electrons. The summed E-state index contributed by atoms with van der Waals surface area (Å²) in [6, 6.07) is 7.10. The zero-order valence-corrected chi connectivity index (χ0v) is 20.9. The molecule has 6 heteroatoms. The van der Waals surface area contributed by atoms with E-state index in [1.807, 2.05) is 12.1 Å². The quantitative estimate of drug-likeness (QED) is 0.136. The van der Waals surface area contributed by atoms with Crippen LogP contribution in [0.1, 0.15) is 104 Å². The molecule has 0 fully saturated rings. The molecule has 186 valence electrons. The Labute approximate surface area is 204 Å². The molecule has 0 aliphatic rings. The van der Waals surface area contributed by atoms with E-state index in [0.717, 1.165) is 37.7 Å². The first-order valence-electron chi connectivity index (χ1n) is 13.0. The number of rotatable bonds is 17. The molecule has 0 bridgehead atoms. The van der Waals surface area contributed by atoms with E-state index < -0.39 is 0 Å². The number of benzene rings is 1. The summed E-state index contributed by atoms with van der Waals surface area (Å²) in [4.78, 5) is 32.6. The third kappa shape index (κ3) is 11.4. The Balaban J connectivity index is 1.71. The fraction of sp³-hybridized carbons (Fsp3) is 0.571. The van der Waals surface area contributed by atoms with Crippen LogP contribution in [-0.2, 0) is 9.59 Å². The van der Waals surface area contributed by atoms with Gasteiger partial charge in [-0.2, -0.15) is 0 Å². The number of carbonyl (C=O) groups excluding carboxylic acids is 2. The molecule has 0 amide bonds. The smallest absolute Gasteiger partial charge is 0.311 e. The fourth-order valence-corrected chi connectivity index (χ4v) is 3.65. The zero-order chi connectivity index (χ0) is 24.4. The fourth-order valence-electron chi connectivity index (χ4n) is 3.65. The van der Waals surface area contributed by atoms with E-state index in [4.69, 9.17) is 9.47 Å². The lowest BCUT2D eigenvalue weighted by Crippen LogP contribution is -2.08. The Kier molecular flexibility index (Phi) is 13.6. The average Bonchev–Trinajstić information content (AvgIpc) is 2.84. The Morgan fingerprint density at radius 1 is 0.618 bits per heavy atom. The van der Waals surface area contributed by atoms with Crippen molar-refractivity contribution in [2.45, 2.75) is 104 Å². The van der Waals surface area contributed by atoms with E-state index in [2.05, 4.69) is 23.8 Å². The first kappa shape index (κ1) is 27.5. The van der Waals surface area contributed by atoms with Crippen LogP contribution in [0.25, 0.3) is 11.4 Å². The topological polar surface area (TPSA) is 78.4 Å². The number of ether oxygens (including phenoxy) is 2. The second-order valence-corrected chi connectivity index (χ2v) is 8.75. The molecule has 0 spiro atoms. The number of hydrogen-bond acceptors (Lipinski definition) is 6. The van der Waals surface area contributed by atoms with Gasteiger partial charge in [0.2, 0.25) is 0 Å².